The molecule has 0 aliphatic carbocycles. The molecular formula is C11H11FO. The van der Waals surface area contributed by atoms with E-state index in [0.29, 0.717) is 12.0 Å². The summed E-state index contributed by atoms with van der Waals surface area (Å²) in [5, 5.41) is 0. The van der Waals surface area contributed by atoms with E-state index in [0.717, 1.165) is 5.56 Å². The molecule has 1 rings (SSSR count). The van der Waals surface area contributed by atoms with Gasteiger partial charge in [0.1, 0.15) is 5.82 Å². The van der Waals surface area contributed by atoms with Gasteiger partial charge in [0.15, 0.2) is 5.78 Å². The minimum absolute atomic E-state index is 0.114. The maximum atomic E-state index is 12.8. The Labute approximate surface area is 76.9 Å². The van der Waals surface area contributed by atoms with Crippen molar-refractivity contribution in [3.63, 3.8) is 0 Å². The summed E-state index contributed by atoms with van der Waals surface area (Å²) in [7, 11) is 0. The molecule has 0 N–H and O–H groups in total. The summed E-state index contributed by atoms with van der Waals surface area (Å²) < 4.78 is 12.8. The lowest BCUT2D eigenvalue weighted by molar-refractivity contribution is 0.101. The maximum absolute atomic E-state index is 12.8. The molecule has 0 heterocycles. The van der Waals surface area contributed by atoms with Crippen molar-refractivity contribution in [2.75, 3.05) is 0 Å². The molecule has 1 nitrogen and oxygen atoms in total. The van der Waals surface area contributed by atoms with Crippen molar-refractivity contribution in [3.05, 3.63) is 47.8 Å². The van der Waals surface area contributed by atoms with E-state index in [4.69, 9.17) is 0 Å². The number of rotatable bonds is 3. The number of allylic oxidation sites excluding steroid dienone is 1. The quantitative estimate of drug-likeness (QED) is 0.513. The smallest absolute Gasteiger partial charge is 0.160 e. The second-order valence-electron chi connectivity index (χ2n) is 2.85. The number of carbonyl (C=O) groups is 1. The molecule has 0 saturated heterocycles. The van der Waals surface area contributed by atoms with Crippen LogP contribution < -0.4 is 0 Å². The van der Waals surface area contributed by atoms with Gasteiger partial charge < -0.3 is 0 Å². The molecule has 0 atom stereocenters. The summed E-state index contributed by atoms with van der Waals surface area (Å²) in [4.78, 5) is 11.1. The molecule has 0 spiro atoms. The van der Waals surface area contributed by atoms with Gasteiger partial charge in [-0.25, -0.2) is 4.39 Å². The Kier molecular flexibility index (Phi) is 2.96. The summed E-state index contributed by atoms with van der Waals surface area (Å²) in [6.45, 7) is 5.01. The van der Waals surface area contributed by atoms with Gasteiger partial charge in [0.2, 0.25) is 0 Å². The molecule has 0 aliphatic rings. The predicted molar refractivity (Wildman–Crippen MR) is 50.3 cm³/mol. The molecule has 2 heteroatoms. The number of carbonyl (C=O) groups excluding carboxylic acids is 1. The van der Waals surface area contributed by atoms with E-state index < -0.39 is 0 Å². The monoisotopic (exact) mass is 178 g/mol. The third kappa shape index (κ3) is 2.25. The maximum Gasteiger partial charge on any atom is 0.160 e. The highest BCUT2D eigenvalue weighted by Crippen LogP contribution is 2.13. The topological polar surface area (TPSA) is 17.1 Å². The first-order chi connectivity index (χ1) is 6.15. The van der Waals surface area contributed by atoms with E-state index in [1.54, 1.807) is 12.1 Å². The van der Waals surface area contributed by atoms with E-state index in [1.807, 2.05) is 0 Å². The molecule has 0 aromatic heterocycles. The van der Waals surface area contributed by atoms with Gasteiger partial charge in [-0.3, -0.25) is 4.79 Å². The Morgan fingerprint density at radius 3 is 2.85 bits per heavy atom. The van der Waals surface area contributed by atoms with Crippen molar-refractivity contribution in [3.8, 4) is 0 Å². The third-order valence-electron chi connectivity index (χ3n) is 1.82. The molecule has 0 fully saturated rings. The number of Topliss-reactive ketones (excluding diaryl/α,β-unsaturated/α-hetero) is 1. The van der Waals surface area contributed by atoms with Crippen LogP contribution in [0.15, 0.2) is 30.9 Å². The zero-order valence-electron chi connectivity index (χ0n) is 7.51. The fourth-order valence-corrected chi connectivity index (χ4v) is 1.21. The van der Waals surface area contributed by atoms with Crippen molar-refractivity contribution >= 4 is 5.78 Å². The molecule has 0 bridgehead atoms. The second kappa shape index (κ2) is 3.99. The lowest BCUT2D eigenvalue weighted by Crippen LogP contribution is -1.99. The summed E-state index contributed by atoms with van der Waals surface area (Å²) in [6, 6.07) is 4.24. The van der Waals surface area contributed by atoms with Crippen molar-refractivity contribution in [2.24, 2.45) is 0 Å². The van der Waals surface area contributed by atoms with Gasteiger partial charge in [0.25, 0.3) is 0 Å². The largest absolute Gasteiger partial charge is 0.294 e. The van der Waals surface area contributed by atoms with Gasteiger partial charge in [0, 0.05) is 5.56 Å². The normalized spacial score (nSPS) is 9.69. The Morgan fingerprint density at radius 2 is 2.31 bits per heavy atom. The lowest BCUT2D eigenvalue weighted by atomic mass is 10.0. The van der Waals surface area contributed by atoms with Crippen molar-refractivity contribution in [1.29, 1.82) is 0 Å². The Hall–Kier alpha value is -1.44. The molecule has 0 unspecified atom stereocenters. The molecule has 0 saturated carbocycles. The second-order valence-corrected chi connectivity index (χ2v) is 2.85. The molecular weight excluding hydrogens is 167 g/mol. The predicted octanol–water partition coefficient (Wildman–Crippen LogP) is 2.76. The minimum atomic E-state index is -0.377. The van der Waals surface area contributed by atoms with E-state index in [1.165, 1.54) is 19.1 Å². The molecule has 13 heavy (non-hydrogen) atoms. The van der Waals surface area contributed by atoms with Crippen molar-refractivity contribution in [1.82, 2.24) is 0 Å². The van der Waals surface area contributed by atoms with Gasteiger partial charge in [-0.05, 0) is 31.0 Å². The minimum Gasteiger partial charge on any atom is -0.294 e. The van der Waals surface area contributed by atoms with Crippen molar-refractivity contribution in [2.45, 2.75) is 13.3 Å². The van der Waals surface area contributed by atoms with Crippen LogP contribution in [0.4, 0.5) is 4.39 Å². The number of hydrogen-bond acceptors (Lipinski definition) is 1. The average molecular weight is 178 g/mol. The zero-order valence-corrected chi connectivity index (χ0v) is 7.51. The van der Waals surface area contributed by atoms with Crippen molar-refractivity contribution < 1.29 is 9.18 Å². The van der Waals surface area contributed by atoms with Crippen LogP contribution in [0.3, 0.4) is 0 Å². The highest BCUT2D eigenvalue weighted by atomic mass is 19.1. The first-order valence-corrected chi connectivity index (χ1v) is 4.05. The van der Waals surface area contributed by atoms with Crippen LogP contribution in [-0.2, 0) is 6.42 Å². The first kappa shape index (κ1) is 9.65. The standard InChI is InChI=1S/C11H11FO/c1-3-4-9-5-6-10(12)7-11(9)8(2)13/h3,5-7H,1,4H2,2H3. The first-order valence-electron chi connectivity index (χ1n) is 4.05. The lowest BCUT2D eigenvalue weighted by Gasteiger charge is -2.03. The fraction of sp³-hybridized carbons (Fsp3) is 0.182. The number of halogens is 1. The highest BCUT2D eigenvalue weighted by Gasteiger charge is 2.06. The van der Waals surface area contributed by atoms with Gasteiger partial charge in [-0.1, -0.05) is 12.1 Å². The average Bonchev–Trinajstić information content (AvgIpc) is 2.08. The van der Waals surface area contributed by atoms with E-state index in [-0.39, 0.29) is 11.6 Å². The molecule has 0 aliphatic heterocycles. The van der Waals surface area contributed by atoms with Crippen LogP contribution in [-0.4, -0.2) is 5.78 Å². The molecule has 0 radical (unpaired) electrons. The summed E-state index contributed by atoms with van der Waals surface area (Å²) in [5.41, 5.74) is 1.27. The summed E-state index contributed by atoms with van der Waals surface area (Å²) in [6.07, 6.45) is 2.29. The number of benzene rings is 1. The zero-order chi connectivity index (χ0) is 9.84. The van der Waals surface area contributed by atoms with Crippen LogP contribution in [0.2, 0.25) is 0 Å². The third-order valence-corrected chi connectivity index (χ3v) is 1.82. The Balaban J connectivity index is 3.17. The Morgan fingerprint density at radius 1 is 1.62 bits per heavy atom. The Bertz CT molecular complexity index is 342. The fourth-order valence-electron chi connectivity index (χ4n) is 1.21. The van der Waals surface area contributed by atoms with Gasteiger partial charge in [-0.15, -0.1) is 6.58 Å². The molecule has 68 valence electrons. The number of hydrogen-bond donors (Lipinski definition) is 0. The molecule has 1 aromatic rings. The molecule has 1 aromatic carbocycles. The van der Waals surface area contributed by atoms with Crippen LogP contribution in [0, 0.1) is 5.82 Å². The molecule has 0 amide bonds. The highest BCUT2D eigenvalue weighted by molar-refractivity contribution is 5.95. The number of ketones is 1. The van der Waals surface area contributed by atoms with Crippen LogP contribution in [0.5, 0.6) is 0 Å². The van der Waals surface area contributed by atoms with Crippen LogP contribution in [0.1, 0.15) is 22.8 Å². The van der Waals surface area contributed by atoms with Gasteiger partial charge >= 0.3 is 0 Å². The SMILES string of the molecule is C=CCc1ccc(F)cc1C(C)=O. The summed E-state index contributed by atoms with van der Waals surface area (Å²) in [5.74, 6) is -0.491. The van der Waals surface area contributed by atoms with E-state index in [2.05, 4.69) is 6.58 Å². The van der Waals surface area contributed by atoms with Gasteiger partial charge in [-0.2, -0.15) is 0 Å². The van der Waals surface area contributed by atoms with E-state index in [9.17, 15) is 9.18 Å². The van der Waals surface area contributed by atoms with Gasteiger partial charge in [0.05, 0.1) is 0 Å². The van der Waals surface area contributed by atoms with Crippen LogP contribution >= 0.6 is 0 Å². The summed E-state index contributed by atoms with van der Waals surface area (Å²) >= 11 is 0. The van der Waals surface area contributed by atoms with Crippen LogP contribution in [0.25, 0.3) is 0 Å². The van der Waals surface area contributed by atoms with E-state index >= 15 is 0 Å².